The number of carbonyl (C=O) groups is 1. The summed E-state index contributed by atoms with van der Waals surface area (Å²) in [7, 11) is 0. The topological polar surface area (TPSA) is 70.2 Å². The number of hydrogen-bond donors (Lipinski definition) is 2. The van der Waals surface area contributed by atoms with E-state index in [0.717, 1.165) is 41.9 Å². The number of halogens is 1. The molecule has 1 aromatic heterocycles. The van der Waals surface area contributed by atoms with Crippen LogP contribution in [0, 0.1) is 5.82 Å². The Balaban J connectivity index is 1.59. The molecular weight excluding hydrogens is 441 g/mol. The number of fused-ring (bicyclic) bond motifs is 2. The summed E-state index contributed by atoms with van der Waals surface area (Å²) in [4.78, 5) is 24.2. The molecule has 0 saturated carbocycles. The van der Waals surface area contributed by atoms with Gasteiger partial charge in [0.2, 0.25) is 0 Å². The highest BCUT2D eigenvalue weighted by molar-refractivity contribution is 6.37. The van der Waals surface area contributed by atoms with Crippen molar-refractivity contribution in [3.05, 3.63) is 95.6 Å². The van der Waals surface area contributed by atoms with Crippen molar-refractivity contribution >= 4 is 39.6 Å². The molecule has 0 unspecified atom stereocenters. The molecule has 35 heavy (non-hydrogen) atoms. The van der Waals surface area contributed by atoms with E-state index in [4.69, 9.17) is 0 Å². The molecule has 0 aliphatic carbocycles. The largest absolute Gasteiger partial charge is 0.354 e. The molecule has 0 fully saturated rings. The quantitative estimate of drug-likeness (QED) is 0.349. The third-order valence-electron chi connectivity index (χ3n) is 6.26. The van der Waals surface area contributed by atoms with Crippen LogP contribution in [0.2, 0.25) is 0 Å². The van der Waals surface area contributed by atoms with Crippen LogP contribution in [0.4, 0.5) is 15.8 Å². The van der Waals surface area contributed by atoms with E-state index in [-0.39, 0.29) is 5.91 Å². The molecule has 4 aromatic rings. The van der Waals surface area contributed by atoms with Gasteiger partial charge in [0.25, 0.3) is 5.91 Å². The molecule has 0 radical (unpaired) electrons. The second-order valence-electron chi connectivity index (χ2n) is 8.44. The minimum absolute atomic E-state index is 0.287. The molecule has 0 bridgehead atoms. The van der Waals surface area contributed by atoms with Crippen molar-refractivity contribution in [3.8, 4) is 0 Å². The first-order valence-electron chi connectivity index (χ1n) is 11.7. The lowest BCUT2D eigenvalue weighted by molar-refractivity contribution is -0.110. The maximum absolute atomic E-state index is 13.8. The van der Waals surface area contributed by atoms with Crippen LogP contribution >= 0.6 is 0 Å². The first kappa shape index (κ1) is 22.7. The molecule has 2 N–H and O–H groups in total. The smallest absolute Gasteiger partial charge is 0.258 e. The summed E-state index contributed by atoms with van der Waals surface area (Å²) in [6, 6.07) is 18.2. The summed E-state index contributed by atoms with van der Waals surface area (Å²) in [6.07, 6.45) is 3.29. The van der Waals surface area contributed by atoms with Gasteiger partial charge in [-0.15, -0.1) is 0 Å². The van der Waals surface area contributed by atoms with Crippen LogP contribution in [-0.2, 0) is 11.3 Å². The van der Waals surface area contributed by atoms with Crippen LogP contribution < -0.4 is 10.6 Å². The molecule has 0 saturated heterocycles. The Kier molecular flexibility index (Phi) is 6.25. The zero-order valence-electron chi connectivity index (χ0n) is 19.7. The number of nitrogens with zero attached hydrogens (tertiary/aromatic N) is 3. The molecule has 5 rings (SSSR count). The van der Waals surface area contributed by atoms with E-state index in [9.17, 15) is 9.18 Å². The average molecular weight is 468 g/mol. The molecule has 6 nitrogen and oxygen atoms in total. The van der Waals surface area contributed by atoms with Crippen molar-refractivity contribution in [1.29, 1.82) is 0 Å². The monoisotopic (exact) mass is 467 g/mol. The standard InChI is InChI=1S/C28H26FN5O/c1-3-34(4-2)17-18-5-9-21(10-6-18)32-27(19-7-12-23-25(15-19)31-14-13-30-23)26-22-11-8-20(29)16-24(22)33-28(26)35/h5-16,32H,3-4,17H2,1-2H3,(H,33,35)/b27-26-. The molecule has 176 valence electrons. The average Bonchev–Trinajstić information content (AvgIpc) is 3.20. The highest BCUT2D eigenvalue weighted by Crippen LogP contribution is 2.38. The Hall–Kier alpha value is -4.10. The second-order valence-corrected chi connectivity index (χ2v) is 8.44. The summed E-state index contributed by atoms with van der Waals surface area (Å²) >= 11 is 0. The fourth-order valence-electron chi connectivity index (χ4n) is 4.33. The van der Waals surface area contributed by atoms with Gasteiger partial charge in [-0.2, -0.15) is 0 Å². The maximum atomic E-state index is 13.8. The molecule has 7 heteroatoms. The van der Waals surface area contributed by atoms with Gasteiger partial charge in [0.15, 0.2) is 0 Å². The van der Waals surface area contributed by atoms with Gasteiger partial charge in [-0.3, -0.25) is 19.7 Å². The van der Waals surface area contributed by atoms with E-state index in [2.05, 4.69) is 51.5 Å². The fourth-order valence-corrected chi connectivity index (χ4v) is 4.33. The number of aromatic nitrogens is 2. The second kappa shape index (κ2) is 9.64. The Morgan fingerprint density at radius 2 is 1.69 bits per heavy atom. The minimum Gasteiger partial charge on any atom is -0.354 e. The van der Waals surface area contributed by atoms with Crippen LogP contribution in [0.15, 0.2) is 73.1 Å². The number of benzene rings is 3. The number of carbonyl (C=O) groups excluding carboxylic acids is 1. The van der Waals surface area contributed by atoms with E-state index >= 15 is 0 Å². The zero-order chi connectivity index (χ0) is 24.4. The third-order valence-corrected chi connectivity index (χ3v) is 6.26. The maximum Gasteiger partial charge on any atom is 0.258 e. The molecule has 1 aliphatic heterocycles. The number of rotatable bonds is 7. The van der Waals surface area contributed by atoms with Gasteiger partial charge in [0, 0.05) is 35.8 Å². The highest BCUT2D eigenvalue weighted by Gasteiger charge is 2.29. The van der Waals surface area contributed by atoms with Crippen molar-refractivity contribution in [2.45, 2.75) is 20.4 Å². The molecule has 1 amide bonds. The van der Waals surface area contributed by atoms with E-state index in [1.165, 1.54) is 17.7 Å². The van der Waals surface area contributed by atoms with E-state index in [1.54, 1.807) is 18.5 Å². The lowest BCUT2D eigenvalue weighted by Crippen LogP contribution is -2.22. The molecule has 0 atom stereocenters. The first-order valence-corrected chi connectivity index (χ1v) is 11.7. The molecule has 0 spiro atoms. The number of nitrogens with one attached hydrogen (secondary N) is 2. The Morgan fingerprint density at radius 1 is 0.943 bits per heavy atom. The highest BCUT2D eigenvalue weighted by atomic mass is 19.1. The summed E-state index contributed by atoms with van der Waals surface area (Å²) in [5, 5.41) is 6.25. The van der Waals surface area contributed by atoms with Crippen LogP contribution in [0.25, 0.3) is 22.3 Å². The summed E-state index contributed by atoms with van der Waals surface area (Å²) < 4.78 is 13.8. The van der Waals surface area contributed by atoms with Crippen molar-refractivity contribution in [2.75, 3.05) is 23.7 Å². The number of amides is 1. The molecule has 3 aromatic carbocycles. The van der Waals surface area contributed by atoms with Crippen molar-refractivity contribution in [1.82, 2.24) is 14.9 Å². The Bertz CT molecular complexity index is 1430. The normalized spacial score (nSPS) is 14.2. The van der Waals surface area contributed by atoms with Gasteiger partial charge in [0.05, 0.1) is 28.0 Å². The Morgan fingerprint density at radius 3 is 2.43 bits per heavy atom. The molecular formula is C28H26FN5O. The van der Waals surface area contributed by atoms with Crippen LogP contribution in [-0.4, -0.2) is 33.9 Å². The van der Waals surface area contributed by atoms with E-state index in [0.29, 0.717) is 22.5 Å². The lowest BCUT2D eigenvalue weighted by atomic mass is 9.99. The predicted octanol–water partition coefficient (Wildman–Crippen LogP) is 5.54. The minimum atomic E-state index is -0.399. The van der Waals surface area contributed by atoms with Gasteiger partial charge in [-0.05, 0) is 61.1 Å². The van der Waals surface area contributed by atoms with Gasteiger partial charge >= 0.3 is 0 Å². The fraction of sp³-hybridized carbons (Fsp3) is 0.179. The van der Waals surface area contributed by atoms with Crippen molar-refractivity contribution in [2.24, 2.45) is 0 Å². The van der Waals surface area contributed by atoms with Crippen LogP contribution in [0.1, 0.15) is 30.5 Å². The molecule has 1 aliphatic rings. The van der Waals surface area contributed by atoms with Gasteiger partial charge in [-0.1, -0.05) is 32.0 Å². The predicted molar refractivity (Wildman–Crippen MR) is 138 cm³/mol. The van der Waals surface area contributed by atoms with Crippen molar-refractivity contribution < 1.29 is 9.18 Å². The molecule has 2 heterocycles. The third kappa shape index (κ3) is 4.63. The number of hydrogen-bond acceptors (Lipinski definition) is 5. The SMILES string of the molecule is CCN(CC)Cc1ccc(N/C(=C2\C(=O)Nc3cc(F)ccc32)c2ccc3nccnc3c2)cc1. The summed E-state index contributed by atoms with van der Waals surface area (Å²) in [5.74, 6) is -0.685. The van der Waals surface area contributed by atoms with E-state index in [1.807, 2.05) is 30.3 Å². The Labute approximate surface area is 203 Å². The summed E-state index contributed by atoms with van der Waals surface area (Å²) in [5.41, 5.74) is 6.51. The van der Waals surface area contributed by atoms with Gasteiger partial charge < -0.3 is 10.6 Å². The van der Waals surface area contributed by atoms with E-state index < -0.39 is 5.82 Å². The lowest BCUT2D eigenvalue weighted by Gasteiger charge is -2.19. The summed E-state index contributed by atoms with van der Waals surface area (Å²) in [6.45, 7) is 7.18. The van der Waals surface area contributed by atoms with Crippen LogP contribution in [0.5, 0.6) is 0 Å². The zero-order valence-corrected chi connectivity index (χ0v) is 19.7. The van der Waals surface area contributed by atoms with Crippen LogP contribution in [0.3, 0.4) is 0 Å². The van der Waals surface area contributed by atoms with Crippen molar-refractivity contribution in [3.63, 3.8) is 0 Å². The van der Waals surface area contributed by atoms with Gasteiger partial charge in [-0.25, -0.2) is 4.39 Å². The first-order chi connectivity index (χ1) is 17.1. The number of anilines is 2. The van der Waals surface area contributed by atoms with Gasteiger partial charge in [0.1, 0.15) is 5.82 Å².